The predicted molar refractivity (Wildman–Crippen MR) is 118 cm³/mol. The fourth-order valence-electron chi connectivity index (χ4n) is 4.85. The van der Waals surface area contributed by atoms with Crippen molar-refractivity contribution >= 4 is 26.5 Å². The molecule has 0 saturated carbocycles. The van der Waals surface area contributed by atoms with E-state index in [1.54, 1.807) is 10.4 Å². The third-order valence-electron chi connectivity index (χ3n) is 6.38. The van der Waals surface area contributed by atoms with Crippen molar-refractivity contribution in [3.05, 3.63) is 72.3 Å². The molecule has 4 nitrogen and oxygen atoms in total. The Morgan fingerprint density at radius 3 is 2.31 bits per heavy atom. The summed E-state index contributed by atoms with van der Waals surface area (Å²) in [5.41, 5.74) is 2.28. The molecule has 5 heteroatoms. The zero-order valence-corrected chi connectivity index (χ0v) is 17.3. The van der Waals surface area contributed by atoms with E-state index in [4.69, 9.17) is 0 Å². The summed E-state index contributed by atoms with van der Waals surface area (Å²) in [5, 5.41) is 1.87. The molecule has 0 unspecified atom stereocenters. The summed E-state index contributed by atoms with van der Waals surface area (Å²) < 4.78 is 27.7. The van der Waals surface area contributed by atoms with E-state index in [2.05, 4.69) is 35.2 Å². The molecule has 2 aliphatic rings. The highest BCUT2D eigenvalue weighted by atomic mass is 32.2. The van der Waals surface area contributed by atoms with Gasteiger partial charge in [0.25, 0.3) is 10.0 Å². The Hall–Kier alpha value is -2.37. The first-order valence-electron chi connectivity index (χ1n) is 10.5. The summed E-state index contributed by atoms with van der Waals surface area (Å²) in [7, 11) is -3.43. The molecule has 0 atom stereocenters. The van der Waals surface area contributed by atoms with Gasteiger partial charge in [-0.15, -0.1) is 0 Å². The van der Waals surface area contributed by atoms with Gasteiger partial charge in [0.1, 0.15) is 0 Å². The molecule has 2 aliphatic heterocycles. The topological polar surface area (TPSA) is 40.6 Å². The first kappa shape index (κ1) is 18.6. The molecule has 0 aromatic heterocycles. The van der Waals surface area contributed by atoms with Gasteiger partial charge < -0.3 is 4.90 Å². The van der Waals surface area contributed by atoms with Gasteiger partial charge in [0.2, 0.25) is 0 Å². The lowest BCUT2D eigenvalue weighted by molar-refractivity contribution is 0.211. The van der Waals surface area contributed by atoms with Crippen LogP contribution >= 0.6 is 0 Å². The summed E-state index contributed by atoms with van der Waals surface area (Å²) >= 11 is 0. The van der Waals surface area contributed by atoms with E-state index in [1.807, 2.05) is 30.3 Å². The predicted octanol–water partition coefficient (Wildman–Crippen LogP) is 4.62. The zero-order valence-electron chi connectivity index (χ0n) is 16.5. The maximum Gasteiger partial charge on any atom is 0.265 e. The number of sulfonamides is 1. The molecule has 1 fully saturated rings. The molecular weight excluding hydrogens is 380 g/mol. The quantitative estimate of drug-likeness (QED) is 0.621. The lowest BCUT2D eigenvalue weighted by Crippen LogP contribution is -2.36. The average molecular weight is 407 g/mol. The molecule has 29 heavy (non-hydrogen) atoms. The standard InChI is InChI=1S/C24H26N2O2S/c27-29(28)23-12-5-10-21-9-4-11-22(24(21)23)26(29)16-6-15-25-17-13-20(14-18-25)19-7-2-1-3-8-19/h1-5,7-12,20H,6,13-18H2. The number of nitrogens with zero attached hydrogens (tertiary/aromatic N) is 2. The molecule has 3 aromatic carbocycles. The Morgan fingerprint density at radius 2 is 1.55 bits per heavy atom. The molecule has 0 N–H and O–H groups in total. The van der Waals surface area contributed by atoms with Gasteiger partial charge in [-0.1, -0.05) is 54.6 Å². The first-order chi connectivity index (χ1) is 14.1. The summed E-state index contributed by atoms with van der Waals surface area (Å²) in [6.07, 6.45) is 3.20. The van der Waals surface area contributed by atoms with Crippen LogP contribution in [0.3, 0.4) is 0 Å². The van der Waals surface area contributed by atoms with E-state index < -0.39 is 10.0 Å². The van der Waals surface area contributed by atoms with Gasteiger partial charge >= 0.3 is 0 Å². The molecule has 3 aromatic rings. The van der Waals surface area contributed by atoms with Gasteiger partial charge in [0.15, 0.2) is 0 Å². The maximum absolute atomic E-state index is 13.1. The lowest BCUT2D eigenvalue weighted by Gasteiger charge is -2.32. The van der Waals surface area contributed by atoms with Gasteiger partial charge in [-0.25, -0.2) is 8.42 Å². The van der Waals surface area contributed by atoms with Crippen LogP contribution in [0.15, 0.2) is 71.6 Å². The summed E-state index contributed by atoms with van der Waals surface area (Å²) in [4.78, 5) is 2.94. The van der Waals surface area contributed by atoms with E-state index >= 15 is 0 Å². The van der Waals surface area contributed by atoms with Crippen molar-refractivity contribution in [1.29, 1.82) is 0 Å². The van der Waals surface area contributed by atoms with Crippen LogP contribution in [0.2, 0.25) is 0 Å². The Bertz CT molecular complexity index is 1110. The molecule has 0 radical (unpaired) electrons. The van der Waals surface area contributed by atoms with Crippen LogP contribution in [0.4, 0.5) is 5.69 Å². The Morgan fingerprint density at radius 1 is 0.828 bits per heavy atom. The molecular formula is C24H26N2O2S. The van der Waals surface area contributed by atoms with Crippen LogP contribution in [0.1, 0.15) is 30.7 Å². The van der Waals surface area contributed by atoms with Crippen molar-refractivity contribution < 1.29 is 8.42 Å². The van der Waals surface area contributed by atoms with Gasteiger partial charge in [-0.3, -0.25) is 4.31 Å². The first-order valence-corrected chi connectivity index (χ1v) is 11.9. The smallest absolute Gasteiger partial charge is 0.265 e. The Balaban J connectivity index is 1.22. The SMILES string of the molecule is O=S1(=O)c2cccc3cccc(c23)N1CCCN1CCC(c2ccccc2)CC1. The van der Waals surface area contributed by atoms with Crippen LogP contribution < -0.4 is 4.31 Å². The third-order valence-corrected chi connectivity index (χ3v) is 8.23. The molecule has 0 bridgehead atoms. The van der Waals surface area contributed by atoms with E-state index in [0.717, 1.165) is 42.5 Å². The Kier molecular flexibility index (Phi) is 4.80. The minimum atomic E-state index is -3.43. The van der Waals surface area contributed by atoms with Crippen molar-refractivity contribution in [1.82, 2.24) is 4.90 Å². The molecule has 150 valence electrons. The highest BCUT2D eigenvalue weighted by Gasteiger charge is 2.35. The fraction of sp³-hybridized carbons (Fsp3) is 0.333. The Labute approximate surface area is 172 Å². The summed E-state index contributed by atoms with van der Waals surface area (Å²) in [5.74, 6) is 0.651. The number of piperidine rings is 1. The summed E-state index contributed by atoms with van der Waals surface area (Å²) in [6, 6.07) is 22.2. The van der Waals surface area contributed by atoms with Crippen LogP contribution in [0.5, 0.6) is 0 Å². The number of benzene rings is 3. The van der Waals surface area contributed by atoms with Crippen molar-refractivity contribution in [2.45, 2.75) is 30.1 Å². The van der Waals surface area contributed by atoms with Crippen LogP contribution in [-0.2, 0) is 10.0 Å². The average Bonchev–Trinajstić information content (AvgIpc) is 2.98. The molecule has 2 heterocycles. The molecule has 0 amide bonds. The minimum absolute atomic E-state index is 0.453. The molecule has 0 aliphatic carbocycles. The fourth-order valence-corrected chi connectivity index (χ4v) is 6.60. The molecule has 0 spiro atoms. The van der Waals surface area contributed by atoms with E-state index in [0.29, 0.717) is 17.4 Å². The van der Waals surface area contributed by atoms with Gasteiger partial charge in [-0.2, -0.15) is 0 Å². The lowest BCUT2D eigenvalue weighted by atomic mass is 9.89. The second-order valence-corrected chi connectivity index (χ2v) is 9.92. The van der Waals surface area contributed by atoms with Crippen molar-refractivity contribution in [3.63, 3.8) is 0 Å². The number of rotatable bonds is 5. The number of anilines is 1. The maximum atomic E-state index is 13.1. The normalized spacial score (nSPS) is 19.1. The number of hydrogen-bond acceptors (Lipinski definition) is 3. The summed E-state index contributed by atoms with van der Waals surface area (Å²) in [6.45, 7) is 3.65. The highest BCUT2D eigenvalue weighted by molar-refractivity contribution is 7.93. The van der Waals surface area contributed by atoms with Gasteiger partial charge in [0, 0.05) is 11.9 Å². The second kappa shape index (κ2) is 7.47. The van der Waals surface area contributed by atoms with Crippen LogP contribution in [0, 0.1) is 0 Å². The van der Waals surface area contributed by atoms with Crippen molar-refractivity contribution in [2.75, 3.05) is 30.5 Å². The van der Waals surface area contributed by atoms with Crippen LogP contribution in [-0.4, -0.2) is 39.5 Å². The largest absolute Gasteiger partial charge is 0.303 e. The van der Waals surface area contributed by atoms with Crippen LogP contribution in [0.25, 0.3) is 10.8 Å². The zero-order chi connectivity index (χ0) is 19.8. The number of likely N-dealkylation sites (tertiary alicyclic amines) is 1. The van der Waals surface area contributed by atoms with Crippen molar-refractivity contribution in [2.24, 2.45) is 0 Å². The van der Waals surface area contributed by atoms with Gasteiger partial charge in [-0.05, 0) is 67.9 Å². The van der Waals surface area contributed by atoms with Gasteiger partial charge in [0.05, 0.1) is 10.6 Å². The molecule has 1 saturated heterocycles. The highest BCUT2D eigenvalue weighted by Crippen LogP contribution is 2.42. The minimum Gasteiger partial charge on any atom is -0.303 e. The van der Waals surface area contributed by atoms with E-state index in [9.17, 15) is 8.42 Å². The second-order valence-electron chi connectivity index (χ2n) is 8.09. The van der Waals surface area contributed by atoms with E-state index in [1.165, 1.54) is 18.4 Å². The number of hydrogen-bond donors (Lipinski definition) is 0. The van der Waals surface area contributed by atoms with E-state index in [-0.39, 0.29) is 0 Å². The van der Waals surface area contributed by atoms with Crippen molar-refractivity contribution in [3.8, 4) is 0 Å². The molecule has 5 rings (SSSR count). The third kappa shape index (κ3) is 3.32. The monoisotopic (exact) mass is 406 g/mol.